The molecule has 1 heterocycles. The predicted molar refractivity (Wildman–Crippen MR) is 120 cm³/mol. The molecule has 4 rings (SSSR count). The fourth-order valence-corrected chi connectivity index (χ4v) is 3.92. The van der Waals surface area contributed by atoms with Crippen LogP contribution in [0.2, 0.25) is 0 Å². The van der Waals surface area contributed by atoms with Crippen LogP contribution >= 0.6 is 0 Å². The van der Waals surface area contributed by atoms with Gasteiger partial charge in [-0.25, -0.2) is 14.0 Å². The first-order valence-electron chi connectivity index (χ1n) is 10.5. The summed E-state index contributed by atoms with van der Waals surface area (Å²) in [5.41, 5.74) is 2.46. The predicted octanol–water partition coefficient (Wildman–Crippen LogP) is 5.65. The van der Waals surface area contributed by atoms with Crippen molar-refractivity contribution in [2.24, 2.45) is 5.41 Å². The zero-order valence-electron chi connectivity index (χ0n) is 17.4. The summed E-state index contributed by atoms with van der Waals surface area (Å²) in [7, 11) is 0. The highest BCUT2D eigenvalue weighted by Gasteiger charge is 2.20. The molecule has 0 spiro atoms. The number of allylic oxidation sites excluding steroid dienone is 4. The summed E-state index contributed by atoms with van der Waals surface area (Å²) in [5, 5.41) is 2.81. The van der Waals surface area contributed by atoms with Crippen molar-refractivity contribution in [3.05, 3.63) is 83.1 Å². The van der Waals surface area contributed by atoms with Crippen molar-refractivity contribution >= 4 is 17.1 Å². The minimum absolute atomic E-state index is 0.179. The molecule has 3 aromatic rings. The minimum atomic E-state index is -0.726. The average molecular weight is 420 g/mol. The van der Waals surface area contributed by atoms with Crippen LogP contribution < -0.4 is 11.1 Å². The summed E-state index contributed by atoms with van der Waals surface area (Å²) in [6, 6.07) is 10.7. The van der Waals surface area contributed by atoms with Crippen LogP contribution in [0.1, 0.15) is 32.6 Å². The van der Waals surface area contributed by atoms with Gasteiger partial charge in [0, 0.05) is 6.54 Å². The molecule has 1 unspecified atom stereocenters. The quantitative estimate of drug-likeness (QED) is 0.524. The van der Waals surface area contributed by atoms with Crippen molar-refractivity contribution in [3.8, 4) is 11.1 Å². The van der Waals surface area contributed by atoms with E-state index < -0.39 is 11.8 Å². The van der Waals surface area contributed by atoms with Gasteiger partial charge in [0.25, 0.3) is 0 Å². The zero-order chi connectivity index (χ0) is 21.8. The van der Waals surface area contributed by atoms with Crippen LogP contribution in [0.4, 0.5) is 9.18 Å². The first kappa shape index (κ1) is 20.8. The van der Waals surface area contributed by atoms with Gasteiger partial charge in [0.1, 0.15) is 5.82 Å². The van der Waals surface area contributed by atoms with Gasteiger partial charge in [0.15, 0.2) is 5.58 Å². The maximum Gasteiger partial charge on any atom is 0.428 e. The number of halogens is 1. The maximum absolute atomic E-state index is 13.2. The van der Waals surface area contributed by atoms with Crippen LogP contribution in [0.25, 0.3) is 22.2 Å². The van der Waals surface area contributed by atoms with Crippen molar-refractivity contribution in [1.29, 1.82) is 0 Å². The standard InChI is InChI=1S/C25H25FN2O3/c1-25(13-3-2-4-14-25)15-5-6-16-27-23(29)28-21-12-9-19(17-22(21)31-24(28)30)18-7-10-20(26)11-8-18/h2-4,7-13,17H,5-6,14-16H2,1H3,(H,27,29). The van der Waals surface area contributed by atoms with Crippen LogP contribution in [0.15, 0.2) is 76.0 Å². The summed E-state index contributed by atoms with van der Waals surface area (Å²) in [6.07, 6.45) is 12.5. The molecule has 1 atom stereocenters. The van der Waals surface area contributed by atoms with E-state index in [1.165, 1.54) is 12.1 Å². The van der Waals surface area contributed by atoms with Gasteiger partial charge in [-0.05, 0) is 60.1 Å². The molecule has 1 aliphatic carbocycles. The molecule has 1 aromatic heterocycles. The minimum Gasteiger partial charge on any atom is -0.407 e. The summed E-state index contributed by atoms with van der Waals surface area (Å²) in [4.78, 5) is 24.9. The number of benzene rings is 2. The number of carbonyl (C=O) groups excluding carboxylic acids is 1. The van der Waals surface area contributed by atoms with Gasteiger partial charge >= 0.3 is 11.8 Å². The van der Waals surface area contributed by atoms with Gasteiger partial charge in [-0.15, -0.1) is 0 Å². The van der Waals surface area contributed by atoms with Gasteiger partial charge in [0.2, 0.25) is 0 Å². The van der Waals surface area contributed by atoms with Crippen LogP contribution in [0.5, 0.6) is 0 Å². The summed E-state index contributed by atoms with van der Waals surface area (Å²) >= 11 is 0. The average Bonchev–Trinajstić information content (AvgIpc) is 3.09. The Morgan fingerprint density at radius 1 is 1.13 bits per heavy atom. The van der Waals surface area contributed by atoms with Crippen molar-refractivity contribution in [2.45, 2.75) is 32.6 Å². The number of rotatable bonds is 6. The van der Waals surface area contributed by atoms with Crippen LogP contribution in [0.3, 0.4) is 0 Å². The van der Waals surface area contributed by atoms with E-state index in [1.807, 2.05) is 0 Å². The molecule has 2 aromatic carbocycles. The summed E-state index contributed by atoms with van der Waals surface area (Å²) in [5.74, 6) is -1.05. The monoisotopic (exact) mass is 420 g/mol. The van der Waals surface area contributed by atoms with Gasteiger partial charge in [-0.2, -0.15) is 4.57 Å². The van der Waals surface area contributed by atoms with Crippen molar-refractivity contribution in [1.82, 2.24) is 9.88 Å². The third kappa shape index (κ3) is 4.68. The van der Waals surface area contributed by atoms with Crippen LogP contribution in [-0.2, 0) is 0 Å². The Bertz CT molecular complexity index is 1200. The first-order chi connectivity index (χ1) is 15.0. The largest absolute Gasteiger partial charge is 0.428 e. The zero-order valence-corrected chi connectivity index (χ0v) is 17.4. The molecule has 0 fully saturated rings. The summed E-state index contributed by atoms with van der Waals surface area (Å²) < 4.78 is 19.4. The molecule has 1 aliphatic rings. The molecular weight excluding hydrogens is 395 g/mol. The molecule has 0 aliphatic heterocycles. The van der Waals surface area contributed by atoms with E-state index in [0.29, 0.717) is 17.6 Å². The Kier molecular flexibility index (Phi) is 5.89. The Morgan fingerprint density at radius 2 is 1.90 bits per heavy atom. The Hall–Kier alpha value is -3.41. The number of hydrogen-bond donors (Lipinski definition) is 1. The van der Waals surface area contributed by atoms with Crippen LogP contribution in [-0.4, -0.2) is 17.1 Å². The molecule has 6 heteroatoms. The van der Waals surface area contributed by atoms with E-state index in [4.69, 9.17) is 4.42 Å². The van der Waals surface area contributed by atoms with Gasteiger partial charge < -0.3 is 9.73 Å². The van der Waals surface area contributed by atoms with E-state index in [1.54, 1.807) is 30.3 Å². The summed E-state index contributed by atoms with van der Waals surface area (Å²) in [6.45, 7) is 2.73. The maximum atomic E-state index is 13.2. The molecule has 0 radical (unpaired) electrons. The fraction of sp³-hybridized carbons (Fsp3) is 0.280. The lowest BCUT2D eigenvalue weighted by Gasteiger charge is -2.26. The molecule has 160 valence electrons. The van der Waals surface area contributed by atoms with Crippen molar-refractivity contribution < 1.29 is 13.6 Å². The number of fused-ring (bicyclic) bond motifs is 1. The van der Waals surface area contributed by atoms with E-state index in [0.717, 1.165) is 41.4 Å². The molecule has 0 saturated heterocycles. The molecule has 0 saturated carbocycles. The van der Waals surface area contributed by atoms with Gasteiger partial charge in [0.05, 0.1) is 5.52 Å². The number of amides is 1. The molecule has 0 bridgehead atoms. The first-order valence-corrected chi connectivity index (χ1v) is 10.5. The van der Waals surface area contributed by atoms with Gasteiger partial charge in [-0.1, -0.05) is 55.8 Å². The number of hydrogen-bond acceptors (Lipinski definition) is 3. The molecule has 1 amide bonds. The molecule has 1 N–H and O–H groups in total. The number of carbonyl (C=O) groups is 1. The van der Waals surface area contributed by atoms with E-state index >= 15 is 0 Å². The lowest BCUT2D eigenvalue weighted by Crippen LogP contribution is -2.34. The van der Waals surface area contributed by atoms with E-state index in [2.05, 4.69) is 36.5 Å². The Morgan fingerprint density at radius 3 is 2.65 bits per heavy atom. The van der Waals surface area contributed by atoms with Crippen molar-refractivity contribution in [2.75, 3.05) is 6.54 Å². The molecule has 5 nitrogen and oxygen atoms in total. The lowest BCUT2D eigenvalue weighted by atomic mass is 9.79. The number of unbranched alkanes of at least 4 members (excludes halogenated alkanes) is 1. The van der Waals surface area contributed by atoms with Crippen LogP contribution in [0, 0.1) is 11.2 Å². The number of nitrogens with one attached hydrogen (secondary N) is 1. The third-order valence-electron chi connectivity index (χ3n) is 5.74. The number of nitrogens with zero attached hydrogens (tertiary/aromatic N) is 1. The highest BCUT2D eigenvalue weighted by atomic mass is 19.1. The highest BCUT2D eigenvalue weighted by molar-refractivity contribution is 5.90. The van der Waals surface area contributed by atoms with Crippen molar-refractivity contribution in [3.63, 3.8) is 0 Å². The fourth-order valence-electron chi connectivity index (χ4n) is 3.92. The third-order valence-corrected chi connectivity index (χ3v) is 5.74. The highest BCUT2D eigenvalue weighted by Crippen LogP contribution is 2.32. The number of oxazole rings is 1. The lowest BCUT2D eigenvalue weighted by molar-refractivity contribution is 0.240. The SMILES string of the molecule is CC1(CCCCNC(=O)n2c(=O)oc3cc(-c4ccc(F)cc4)ccc32)C=CC=CC1. The number of aromatic nitrogens is 1. The Balaban J connectivity index is 1.39. The normalized spacial score (nSPS) is 17.9. The smallest absolute Gasteiger partial charge is 0.407 e. The van der Waals surface area contributed by atoms with E-state index in [9.17, 15) is 14.0 Å². The molecule has 31 heavy (non-hydrogen) atoms. The van der Waals surface area contributed by atoms with E-state index in [-0.39, 0.29) is 11.2 Å². The van der Waals surface area contributed by atoms with Gasteiger partial charge in [-0.3, -0.25) is 0 Å². The molecular formula is C25H25FN2O3. The second-order valence-corrected chi connectivity index (χ2v) is 8.23. The Labute approximate surface area is 179 Å². The second kappa shape index (κ2) is 8.76. The second-order valence-electron chi connectivity index (χ2n) is 8.23. The topological polar surface area (TPSA) is 64.2 Å².